The molecule has 1 unspecified atom stereocenters. The van der Waals surface area contributed by atoms with Gasteiger partial charge in [0, 0.05) is 24.8 Å². The number of hydrogen-bond donors (Lipinski definition) is 0. The van der Waals surface area contributed by atoms with Crippen LogP contribution in [-0.2, 0) is 10.0 Å². The third kappa shape index (κ3) is 5.09. The number of hydrogen-bond acceptors (Lipinski definition) is 5. The second-order valence-corrected chi connectivity index (χ2v) is 10.8. The molecule has 1 fully saturated rings. The van der Waals surface area contributed by atoms with Gasteiger partial charge >= 0.3 is 0 Å². The van der Waals surface area contributed by atoms with Crippen molar-refractivity contribution in [2.24, 2.45) is 0 Å². The first-order valence-electron chi connectivity index (χ1n) is 12.0. The lowest BCUT2D eigenvalue weighted by Crippen LogP contribution is -2.41. The summed E-state index contributed by atoms with van der Waals surface area (Å²) in [5.74, 6) is -8.19. The van der Waals surface area contributed by atoms with Gasteiger partial charge in [-0.3, -0.25) is 4.68 Å². The van der Waals surface area contributed by atoms with Crippen molar-refractivity contribution in [1.29, 1.82) is 0 Å². The fourth-order valence-electron chi connectivity index (χ4n) is 4.50. The molecule has 39 heavy (non-hydrogen) atoms. The number of sulfonamides is 1. The highest BCUT2D eigenvalue weighted by atomic mass is 32.2. The summed E-state index contributed by atoms with van der Waals surface area (Å²) in [4.78, 5) is -1.37. The standard InChI is InChI=1S/C27H23F4N3O4S/c1-37-26-24(30)22(28)23(29)25(31)27(26)39(35,36)33-14-5-6-18(16-33)34-15-13-21(32-34)17-9-11-20(12-10-17)38-19-7-3-2-4-8-19/h2-4,7-13,15,18H,5-6,14,16H2,1H3. The van der Waals surface area contributed by atoms with Crippen molar-refractivity contribution in [3.05, 3.63) is 90.1 Å². The van der Waals surface area contributed by atoms with E-state index in [1.807, 2.05) is 42.5 Å². The topological polar surface area (TPSA) is 73.7 Å². The molecule has 1 aliphatic heterocycles. The minimum Gasteiger partial charge on any atom is -0.492 e. The molecule has 0 amide bonds. The first kappa shape index (κ1) is 26.7. The Kier molecular flexibility index (Phi) is 7.32. The highest BCUT2D eigenvalue weighted by molar-refractivity contribution is 7.89. The van der Waals surface area contributed by atoms with Crippen molar-refractivity contribution in [1.82, 2.24) is 14.1 Å². The molecule has 2 heterocycles. The summed E-state index contributed by atoms with van der Waals surface area (Å²) in [5.41, 5.74) is 1.44. The number of methoxy groups -OCH3 is 1. The molecule has 4 aromatic rings. The fraction of sp³-hybridized carbons (Fsp3) is 0.222. The number of benzene rings is 3. The summed E-state index contributed by atoms with van der Waals surface area (Å²) >= 11 is 0. The Morgan fingerprint density at radius 1 is 0.872 bits per heavy atom. The van der Waals surface area contributed by atoms with Crippen LogP contribution in [0.3, 0.4) is 0 Å². The summed E-state index contributed by atoms with van der Waals surface area (Å²) < 4.78 is 96.0. The predicted octanol–water partition coefficient (Wildman–Crippen LogP) is 5.93. The summed E-state index contributed by atoms with van der Waals surface area (Å²) in [6.07, 6.45) is 2.63. The van der Waals surface area contributed by atoms with Gasteiger partial charge in [-0.25, -0.2) is 21.6 Å². The van der Waals surface area contributed by atoms with Crippen molar-refractivity contribution in [3.8, 4) is 28.5 Å². The van der Waals surface area contributed by atoms with Crippen molar-refractivity contribution in [3.63, 3.8) is 0 Å². The largest absolute Gasteiger partial charge is 0.492 e. The monoisotopic (exact) mass is 561 g/mol. The van der Waals surface area contributed by atoms with Crippen LogP contribution in [0.4, 0.5) is 17.6 Å². The molecule has 5 rings (SSSR count). The molecule has 0 saturated carbocycles. The van der Waals surface area contributed by atoms with Crippen LogP contribution in [0.2, 0.25) is 0 Å². The van der Waals surface area contributed by atoms with E-state index in [0.717, 1.165) is 17.0 Å². The lowest BCUT2D eigenvalue weighted by molar-refractivity contribution is 0.251. The van der Waals surface area contributed by atoms with Crippen LogP contribution < -0.4 is 9.47 Å². The second kappa shape index (κ2) is 10.7. The zero-order chi connectivity index (χ0) is 27.7. The third-order valence-corrected chi connectivity index (χ3v) is 8.35. The molecule has 0 radical (unpaired) electrons. The van der Waals surface area contributed by atoms with E-state index in [9.17, 15) is 26.0 Å². The van der Waals surface area contributed by atoms with E-state index < -0.39 is 50.0 Å². The van der Waals surface area contributed by atoms with Gasteiger partial charge < -0.3 is 9.47 Å². The van der Waals surface area contributed by atoms with Crippen LogP contribution in [0, 0.1) is 23.3 Å². The summed E-state index contributed by atoms with van der Waals surface area (Å²) in [7, 11) is -3.94. The van der Waals surface area contributed by atoms with Crippen LogP contribution >= 0.6 is 0 Å². The minimum atomic E-state index is -4.78. The zero-order valence-corrected chi connectivity index (χ0v) is 21.5. The molecule has 3 aromatic carbocycles. The number of piperidine rings is 1. The number of para-hydroxylation sites is 1. The molecule has 204 valence electrons. The Morgan fingerprint density at radius 2 is 1.54 bits per heavy atom. The van der Waals surface area contributed by atoms with Gasteiger partial charge in [-0.05, 0) is 55.3 Å². The maximum Gasteiger partial charge on any atom is 0.250 e. The molecule has 0 N–H and O–H groups in total. The Balaban J connectivity index is 1.36. The molecule has 1 aromatic heterocycles. The minimum absolute atomic E-state index is 0.0287. The molecule has 12 heteroatoms. The second-order valence-electron chi connectivity index (χ2n) is 8.90. The van der Waals surface area contributed by atoms with Crippen molar-refractivity contribution in [2.45, 2.75) is 23.8 Å². The number of aromatic nitrogens is 2. The summed E-state index contributed by atoms with van der Waals surface area (Å²) in [6.45, 7) is -0.171. The van der Waals surface area contributed by atoms with Crippen LogP contribution in [-0.4, -0.2) is 42.7 Å². The average molecular weight is 562 g/mol. The Bertz CT molecular complexity index is 1600. The van der Waals surface area contributed by atoms with E-state index in [1.54, 1.807) is 29.1 Å². The van der Waals surface area contributed by atoms with Gasteiger partial charge in [-0.15, -0.1) is 0 Å². The van der Waals surface area contributed by atoms with Gasteiger partial charge in [0.05, 0.1) is 18.8 Å². The van der Waals surface area contributed by atoms with Crippen LogP contribution in [0.25, 0.3) is 11.3 Å². The van der Waals surface area contributed by atoms with E-state index in [4.69, 9.17) is 4.74 Å². The van der Waals surface area contributed by atoms with Crippen LogP contribution in [0.1, 0.15) is 18.9 Å². The van der Waals surface area contributed by atoms with Crippen molar-refractivity contribution >= 4 is 10.0 Å². The van der Waals surface area contributed by atoms with Gasteiger partial charge in [-0.2, -0.15) is 13.8 Å². The molecule has 7 nitrogen and oxygen atoms in total. The van der Waals surface area contributed by atoms with Gasteiger partial charge in [0.2, 0.25) is 21.7 Å². The Morgan fingerprint density at radius 3 is 2.23 bits per heavy atom. The van der Waals surface area contributed by atoms with E-state index in [-0.39, 0.29) is 13.1 Å². The number of nitrogens with zero attached hydrogens (tertiary/aromatic N) is 3. The Hall–Kier alpha value is -3.90. The van der Waals surface area contributed by atoms with Gasteiger partial charge in [-0.1, -0.05) is 18.2 Å². The van der Waals surface area contributed by atoms with Gasteiger partial charge in [0.15, 0.2) is 22.3 Å². The summed E-state index contributed by atoms with van der Waals surface area (Å²) in [6, 6.07) is 18.0. The van der Waals surface area contributed by atoms with Gasteiger partial charge in [0.1, 0.15) is 11.5 Å². The van der Waals surface area contributed by atoms with E-state index in [0.29, 0.717) is 30.0 Å². The van der Waals surface area contributed by atoms with E-state index in [2.05, 4.69) is 9.84 Å². The fourth-order valence-corrected chi connectivity index (χ4v) is 6.22. The molecule has 1 atom stereocenters. The van der Waals surface area contributed by atoms with Gasteiger partial charge in [0.25, 0.3) is 0 Å². The van der Waals surface area contributed by atoms with E-state index >= 15 is 0 Å². The highest BCUT2D eigenvalue weighted by Gasteiger charge is 2.39. The number of ether oxygens (including phenoxy) is 2. The summed E-state index contributed by atoms with van der Waals surface area (Å²) in [5, 5.41) is 4.58. The third-order valence-electron chi connectivity index (χ3n) is 6.46. The molecule has 0 bridgehead atoms. The maximum atomic E-state index is 14.6. The van der Waals surface area contributed by atoms with E-state index in [1.165, 1.54) is 0 Å². The normalized spacial score (nSPS) is 16.3. The molecule has 0 spiro atoms. The Labute approximate surface area is 222 Å². The maximum absolute atomic E-state index is 14.6. The molecular weight excluding hydrogens is 538 g/mol. The highest BCUT2D eigenvalue weighted by Crippen LogP contribution is 2.37. The lowest BCUT2D eigenvalue weighted by Gasteiger charge is -2.32. The van der Waals surface area contributed by atoms with Crippen molar-refractivity contribution in [2.75, 3.05) is 20.2 Å². The molecule has 1 aliphatic rings. The van der Waals surface area contributed by atoms with Crippen LogP contribution in [0.5, 0.6) is 17.2 Å². The quantitative estimate of drug-likeness (QED) is 0.159. The first-order chi connectivity index (χ1) is 18.7. The first-order valence-corrected chi connectivity index (χ1v) is 13.4. The molecule has 0 aliphatic carbocycles. The predicted molar refractivity (Wildman–Crippen MR) is 134 cm³/mol. The zero-order valence-electron chi connectivity index (χ0n) is 20.7. The number of rotatable bonds is 7. The average Bonchev–Trinajstić information content (AvgIpc) is 3.45. The van der Waals surface area contributed by atoms with Crippen molar-refractivity contribution < 1.29 is 35.5 Å². The van der Waals surface area contributed by atoms with Crippen LogP contribution in [0.15, 0.2) is 71.8 Å². The molecule has 1 saturated heterocycles. The molecular formula is C27H23F4N3O4S. The smallest absolute Gasteiger partial charge is 0.250 e. The SMILES string of the molecule is COc1c(F)c(F)c(F)c(F)c1S(=O)(=O)N1CCCC(n2ccc(-c3ccc(Oc4ccccc4)cc3)n2)C1. The lowest BCUT2D eigenvalue weighted by atomic mass is 10.1. The number of halogens is 4.